The fraction of sp³-hybridized carbons (Fsp3) is 0.417. The Morgan fingerprint density at radius 1 is 1.06 bits per heavy atom. The molecular formula is C24H29NO5S. The third kappa shape index (κ3) is 6.02. The fourth-order valence-electron chi connectivity index (χ4n) is 3.16. The molecule has 31 heavy (non-hydrogen) atoms. The molecule has 1 aliphatic rings. The summed E-state index contributed by atoms with van der Waals surface area (Å²) >= 11 is 1.33. The Balaban J connectivity index is 1.80. The van der Waals surface area contributed by atoms with Gasteiger partial charge in [0.25, 0.3) is 11.8 Å². The van der Waals surface area contributed by atoms with Gasteiger partial charge in [-0.1, -0.05) is 19.1 Å². The molecule has 166 valence electrons. The van der Waals surface area contributed by atoms with E-state index in [1.807, 2.05) is 57.2 Å². The highest BCUT2D eigenvalue weighted by atomic mass is 32.2. The number of rotatable bonds is 12. The van der Waals surface area contributed by atoms with Gasteiger partial charge in [-0.25, -0.2) is 0 Å². The SMILES string of the molecule is CCCOc1ccc(C2=C(SCc3ccco3)C(=O)N(CCCOC(C)C)C2=O)cc1. The second-order valence-electron chi connectivity index (χ2n) is 7.48. The molecule has 0 fully saturated rings. The minimum atomic E-state index is -0.265. The molecule has 1 aliphatic heterocycles. The molecule has 7 heteroatoms. The maximum atomic E-state index is 13.2. The molecule has 0 saturated heterocycles. The van der Waals surface area contributed by atoms with Crippen LogP contribution in [-0.4, -0.2) is 42.6 Å². The van der Waals surface area contributed by atoms with Crippen molar-refractivity contribution in [2.75, 3.05) is 19.8 Å². The third-order valence-electron chi connectivity index (χ3n) is 4.66. The molecule has 2 aromatic rings. The van der Waals surface area contributed by atoms with Crippen LogP contribution in [0.2, 0.25) is 0 Å². The number of carbonyl (C=O) groups excluding carboxylic acids is 2. The minimum Gasteiger partial charge on any atom is -0.494 e. The van der Waals surface area contributed by atoms with Gasteiger partial charge in [0.15, 0.2) is 0 Å². The monoisotopic (exact) mass is 443 g/mol. The summed E-state index contributed by atoms with van der Waals surface area (Å²) in [6.07, 6.45) is 3.24. The Bertz CT molecular complexity index is 903. The number of furan rings is 1. The summed E-state index contributed by atoms with van der Waals surface area (Å²) in [7, 11) is 0. The highest BCUT2D eigenvalue weighted by Crippen LogP contribution is 2.38. The average molecular weight is 444 g/mol. The highest BCUT2D eigenvalue weighted by molar-refractivity contribution is 8.03. The molecular weight excluding hydrogens is 414 g/mol. The minimum absolute atomic E-state index is 0.117. The van der Waals surface area contributed by atoms with E-state index >= 15 is 0 Å². The number of amides is 2. The number of hydrogen-bond donors (Lipinski definition) is 0. The molecule has 6 nitrogen and oxygen atoms in total. The smallest absolute Gasteiger partial charge is 0.267 e. The van der Waals surface area contributed by atoms with E-state index in [2.05, 4.69) is 0 Å². The first-order valence-corrected chi connectivity index (χ1v) is 11.6. The summed E-state index contributed by atoms with van der Waals surface area (Å²) in [5.41, 5.74) is 1.15. The van der Waals surface area contributed by atoms with Gasteiger partial charge in [-0.3, -0.25) is 14.5 Å². The van der Waals surface area contributed by atoms with E-state index in [4.69, 9.17) is 13.9 Å². The Labute approximate surface area is 187 Å². The summed E-state index contributed by atoms with van der Waals surface area (Å²) < 4.78 is 16.6. The zero-order valence-electron chi connectivity index (χ0n) is 18.3. The number of carbonyl (C=O) groups is 2. The van der Waals surface area contributed by atoms with Gasteiger partial charge in [-0.05, 0) is 56.5 Å². The van der Waals surface area contributed by atoms with Gasteiger partial charge < -0.3 is 13.9 Å². The average Bonchev–Trinajstić information content (AvgIpc) is 3.35. The van der Waals surface area contributed by atoms with Gasteiger partial charge in [-0.2, -0.15) is 0 Å². The molecule has 0 spiro atoms. The zero-order valence-corrected chi connectivity index (χ0v) is 19.1. The Kier molecular flexibility index (Phi) is 8.37. The number of benzene rings is 1. The second-order valence-corrected chi connectivity index (χ2v) is 8.47. The van der Waals surface area contributed by atoms with Crippen molar-refractivity contribution in [1.29, 1.82) is 0 Å². The fourth-order valence-corrected chi connectivity index (χ4v) is 4.20. The zero-order chi connectivity index (χ0) is 22.2. The molecule has 0 saturated carbocycles. The summed E-state index contributed by atoms with van der Waals surface area (Å²) in [5.74, 6) is 1.46. The summed E-state index contributed by atoms with van der Waals surface area (Å²) in [5, 5.41) is 0. The summed E-state index contributed by atoms with van der Waals surface area (Å²) in [6, 6.07) is 11.0. The van der Waals surface area contributed by atoms with E-state index in [1.54, 1.807) is 6.26 Å². The molecule has 1 aromatic carbocycles. The number of ether oxygens (including phenoxy) is 2. The number of hydrogen-bond acceptors (Lipinski definition) is 6. The van der Waals surface area contributed by atoms with Gasteiger partial charge in [0.2, 0.25) is 0 Å². The molecule has 0 unspecified atom stereocenters. The van der Waals surface area contributed by atoms with Crippen molar-refractivity contribution in [3.63, 3.8) is 0 Å². The van der Waals surface area contributed by atoms with Crippen LogP contribution >= 0.6 is 11.8 Å². The van der Waals surface area contributed by atoms with Crippen molar-refractivity contribution < 1.29 is 23.5 Å². The van der Waals surface area contributed by atoms with Crippen molar-refractivity contribution >= 4 is 29.1 Å². The molecule has 0 aliphatic carbocycles. The largest absolute Gasteiger partial charge is 0.494 e. The number of thioether (sulfide) groups is 1. The summed E-state index contributed by atoms with van der Waals surface area (Å²) in [6.45, 7) is 7.44. The van der Waals surface area contributed by atoms with E-state index < -0.39 is 0 Å². The lowest BCUT2D eigenvalue weighted by Gasteiger charge is -2.15. The van der Waals surface area contributed by atoms with Crippen LogP contribution in [0.1, 0.15) is 44.9 Å². The normalized spacial score (nSPS) is 14.3. The Morgan fingerprint density at radius 3 is 2.48 bits per heavy atom. The van der Waals surface area contributed by atoms with Crippen molar-refractivity contribution in [2.24, 2.45) is 0 Å². The lowest BCUT2D eigenvalue weighted by molar-refractivity contribution is -0.136. The Hall–Kier alpha value is -2.51. The maximum Gasteiger partial charge on any atom is 0.267 e. The predicted octanol–water partition coefficient (Wildman–Crippen LogP) is 4.90. The topological polar surface area (TPSA) is 69.0 Å². The van der Waals surface area contributed by atoms with Crippen LogP contribution in [0.5, 0.6) is 5.75 Å². The van der Waals surface area contributed by atoms with Crippen LogP contribution < -0.4 is 4.74 Å². The highest BCUT2D eigenvalue weighted by Gasteiger charge is 2.38. The quantitative estimate of drug-likeness (QED) is 0.343. The van der Waals surface area contributed by atoms with Gasteiger partial charge in [0, 0.05) is 13.2 Å². The maximum absolute atomic E-state index is 13.2. The lowest BCUT2D eigenvalue weighted by Crippen LogP contribution is -2.33. The van der Waals surface area contributed by atoms with Crippen LogP contribution in [0, 0.1) is 0 Å². The van der Waals surface area contributed by atoms with E-state index in [1.165, 1.54) is 16.7 Å². The molecule has 0 radical (unpaired) electrons. The van der Waals surface area contributed by atoms with Crippen molar-refractivity contribution in [2.45, 2.75) is 45.5 Å². The van der Waals surface area contributed by atoms with E-state index in [0.717, 1.165) is 17.9 Å². The lowest BCUT2D eigenvalue weighted by atomic mass is 10.1. The molecule has 3 rings (SSSR count). The van der Waals surface area contributed by atoms with E-state index in [-0.39, 0.29) is 17.9 Å². The second kappa shape index (κ2) is 11.2. The molecule has 0 atom stereocenters. The molecule has 2 amide bonds. The number of imide groups is 1. The first-order valence-electron chi connectivity index (χ1n) is 10.6. The summed E-state index contributed by atoms with van der Waals surface area (Å²) in [4.78, 5) is 28.1. The van der Waals surface area contributed by atoms with Gasteiger partial charge in [-0.15, -0.1) is 11.8 Å². The van der Waals surface area contributed by atoms with Crippen molar-refractivity contribution in [3.05, 3.63) is 58.9 Å². The van der Waals surface area contributed by atoms with Gasteiger partial charge in [0.05, 0.1) is 35.2 Å². The first-order chi connectivity index (χ1) is 15.0. The molecule has 1 aromatic heterocycles. The van der Waals surface area contributed by atoms with Crippen LogP contribution in [0.4, 0.5) is 0 Å². The molecule has 0 bridgehead atoms. The third-order valence-corrected chi connectivity index (χ3v) is 5.75. The van der Waals surface area contributed by atoms with Crippen LogP contribution in [0.15, 0.2) is 52.0 Å². The van der Waals surface area contributed by atoms with Crippen LogP contribution in [-0.2, 0) is 20.1 Å². The van der Waals surface area contributed by atoms with Crippen molar-refractivity contribution in [1.82, 2.24) is 4.90 Å². The van der Waals surface area contributed by atoms with E-state index in [0.29, 0.717) is 48.0 Å². The number of nitrogens with zero attached hydrogens (tertiary/aromatic N) is 1. The Morgan fingerprint density at radius 2 is 1.84 bits per heavy atom. The molecule has 2 heterocycles. The standard InChI is InChI=1S/C24H29NO5S/c1-4-13-29-19-10-8-18(9-11-19)21-22(31-16-20-7-5-14-30-20)24(27)25(23(21)26)12-6-15-28-17(2)3/h5,7-11,14,17H,4,6,12-13,15-16H2,1-3H3. The van der Waals surface area contributed by atoms with Crippen LogP contribution in [0.3, 0.4) is 0 Å². The van der Waals surface area contributed by atoms with E-state index in [9.17, 15) is 9.59 Å². The first kappa shape index (κ1) is 23.2. The molecule has 0 N–H and O–H groups in total. The van der Waals surface area contributed by atoms with Gasteiger partial charge >= 0.3 is 0 Å². The predicted molar refractivity (Wildman–Crippen MR) is 122 cm³/mol. The van der Waals surface area contributed by atoms with Crippen molar-refractivity contribution in [3.8, 4) is 5.75 Å². The van der Waals surface area contributed by atoms with Gasteiger partial charge in [0.1, 0.15) is 11.5 Å². The van der Waals surface area contributed by atoms with Crippen LogP contribution in [0.25, 0.3) is 5.57 Å².